The van der Waals surface area contributed by atoms with Crippen LogP contribution in [0.1, 0.15) is 44.1 Å². The van der Waals surface area contributed by atoms with E-state index in [4.69, 9.17) is 5.11 Å². The Balaban J connectivity index is 1.71. The van der Waals surface area contributed by atoms with Crippen LogP contribution < -0.4 is 5.32 Å². The van der Waals surface area contributed by atoms with E-state index in [1.54, 1.807) is 4.90 Å². The topological polar surface area (TPSA) is 93.4 Å². The molecule has 1 aromatic carbocycles. The number of amides is 1. The predicted octanol–water partition coefficient (Wildman–Crippen LogP) is 3.11. The second-order valence-electron chi connectivity index (χ2n) is 7.25. The summed E-state index contributed by atoms with van der Waals surface area (Å²) in [5.41, 5.74) is 1.46. The predicted molar refractivity (Wildman–Crippen MR) is 107 cm³/mol. The highest BCUT2D eigenvalue weighted by atomic mass is 16.4. The van der Waals surface area contributed by atoms with Gasteiger partial charge in [0.1, 0.15) is 11.6 Å². The zero-order valence-corrected chi connectivity index (χ0v) is 16.3. The van der Waals surface area contributed by atoms with Crippen LogP contribution in [0.2, 0.25) is 0 Å². The number of nitrogens with one attached hydrogen (secondary N) is 1. The minimum atomic E-state index is -0.780. The lowest BCUT2D eigenvalue weighted by atomic mass is 9.90. The summed E-state index contributed by atoms with van der Waals surface area (Å²) in [4.78, 5) is 24.8. The minimum Gasteiger partial charge on any atom is -0.481 e. The number of carbonyl (C=O) groups is 2. The van der Waals surface area contributed by atoms with Crippen molar-refractivity contribution >= 4 is 11.9 Å². The molecule has 28 heavy (non-hydrogen) atoms. The molecule has 0 aliphatic carbocycles. The van der Waals surface area contributed by atoms with E-state index in [1.807, 2.05) is 12.1 Å². The molecule has 2 rings (SSSR count). The number of piperidine rings is 1. The summed E-state index contributed by atoms with van der Waals surface area (Å²) in [6.07, 6.45) is 6.87. The van der Waals surface area contributed by atoms with E-state index >= 15 is 0 Å². The van der Waals surface area contributed by atoms with Crippen molar-refractivity contribution < 1.29 is 14.7 Å². The second kappa shape index (κ2) is 11.8. The molecule has 6 nitrogen and oxygen atoms in total. The van der Waals surface area contributed by atoms with Crippen molar-refractivity contribution in [3.63, 3.8) is 0 Å². The van der Waals surface area contributed by atoms with Crippen LogP contribution in [0, 0.1) is 17.2 Å². The first-order chi connectivity index (χ1) is 13.6. The highest BCUT2D eigenvalue weighted by Crippen LogP contribution is 2.22. The number of carboxylic acid groups (broad SMARTS) is 1. The van der Waals surface area contributed by atoms with E-state index in [0.717, 1.165) is 32.1 Å². The number of nitriles is 1. The number of rotatable bonds is 10. The van der Waals surface area contributed by atoms with E-state index in [0.29, 0.717) is 32.0 Å². The minimum absolute atomic E-state index is 0.132. The van der Waals surface area contributed by atoms with Crippen molar-refractivity contribution in [2.24, 2.45) is 5.92 Å². The summed E-state index contributed by atoms with van der Waals surface area (Å²) in [7, 11) is 0. The van der Waals surface area contributed by atoms with Crippen molar-refractivity contribution in [3.8, 4) is 6.07 Å². The number of benzene rings is 1. The van der Waals surface area contributed by atoms with Crippen molar-refractivity contribution in [3.05, 3.63) is 47.7 Å². The standard InChI is InChI=1S/C22H29N3O3/c23-16-20(17-24-12-6-2-5-9-21(26)27)22(28)25-13-10-19(11-14-25)15-18-7-3-1-4-8-18/h1,3-4,7-8,17,19,24H,2,5-6,9-15H2,(H,26,27)/b20-17-. The van der Waals surface area contributed by atoms with Gasteiger partial charge in [-0.2, -0.15) is 5.26 Å². The molecule has 1 fully saturated rings. The van der Waals surface area contributed by atoms with E-state index in [9.17, 15) is 14.9 Å². The van der Waals surface area contributed by atoms with Crippen LogP contribution in [-0.4, -0.2) is 41.5 Å². The number of likely N-dealkylation sites (tertiary alicyclic amines) is 1. The zero-order chi connectivity index (χ0) is 20.2. The Labute approximate surface area is 166 Å². The normalized spacial score (nSPS) is 15.1. The van der Waals surface area contributed by atoms with Gasteiger partial charge >= 0.3 is 5.97 Å². The first-order valence-electron chi connectivity index (χ1n) is 9.98. The van der Waals surface area contributed by atoms with Crippen LogP contribution in [0.15, 0.2) is 42.1 Å². The lowest BCUT2D eigenvalue weighted by molar-refractivity contribution is -0.137. The third-order valence-electron chi connectivity index (χ3n) is 5.08. The molecule has 1 aromatic rings. The molecule has 1 saturated heterocycles. The van der Waals surface area contributed by atoms with Crippen molar-refractivity contribution in [2.45, 2.75) is 44.9 Å². The number of carboxylic acids is 1. The monoisotopic (exact) mass is 383 g/mol. The summed E-state index contributed by atoms with van der Waals surface area (Å²) < 4.78 is 0. The van der Waals surface area contributed by atoms with Crippen molar-refractivity contribution in [2.75, 3.05) is 19.6 Å². The molecular formula is C22H29N3O3. The van der Waals surface area contributed by atoms with E-state index in [2.05, 4.69) is 29.6 Å². The lowest BCUT2D eigenvalue weighted by Gasteiger charge is -2.32. The van der Waals surface area contributed by atoms with Gasteiger partial charge in [-0.05, 0) is 43.6 Å². The van der Waals surface area contributed by atoms with E-state index in [1.165, 1.54) is 11.8 Å². The van der Waals surface area contributed by atoms with Crippen LogP contribution in [0.5, 0.6) is 0 Å². The molecular weight excluding hydrogens is 354 g/mol. The fourth-order valence-electron chi connectivity index (χ4n) is 3.45. The summed E-state index contributed by atoms with van der Waals surface area (Å²) in [5, 5.41) is 20.9. The van der Waals surface area contributed by atoms with Gasteiger partial charge in [0.15, 0.2) is 0 Å². The lowest BCUT2D eigenvalue weighted by Crippen LogP contribution is -2.39. The molecule has 0 aromatic heterocycles. The SMILES string of the molecule is N#C/C(=C/NCCCCCC(=O)O)C(=O)N1CCC(Cc2ccccc2)CC1. The average Bonchev–Trinajstić information content (AvgIpc) is 2.71. The number of nitrogens with zero attached hydrogens (tertiary/aromatic N) is 2. The fraction of sp³-hybridized carbons (Fsp3) is 0.500. The molecule has 6 heteroatoms. The molecule has 0 bridgehead atoms. The highest BCUT2D eigenvalue weighted by Gasteiger charge is 2.25. The smallest absolute Gasteiger partial charge is 0.303 e. The van der Waals surface area contributed by atoms with Gasteiger partial charge in [-0.1, -0.05) is 36.8 Å². The number of hydrogen-bond donors (Lipinski definition) is 2. The molecule has 1 aliphatic heterocycles. The Morgan fingerprint density at radius 2 is 1.89 bits per heavy atom. The molecule has 0 saturated carbocycles. The van der Waals surface area contributed by atoms with Crippen LogP contribution in [-0.2, 0) is 16.0 Å². The van der Waals surface area contributed by atoms with Crippen molar-refractivity contribution in [1.82, 2.24) is 10.2 Å². The van der Waals surface area contributed by atoms with Gasteiger partial charge in [-0.25, -0.2) is 0 Å². The molecule has 0 spiro atoms. The molecule has 1 heterocycles. The Morgan fingerprint density at radius 1 is 1.18 bits per heavy atom. The number of aliphatic carboxylic acids is 1. The van der Waals surface area contributed by atoms with Gasteiger partial charge in [0, 0.05) is 32.3 Å². The number of carbonyl (C=O) groups excluding carboxylic acids is 1. The third kappa shape index (κ3) is 7.43. The van der Waals surface area contributed by atoms with Crippen LogP contribution in [0.25, 0.3) is 0 Å². The molecule has 2 N–H and O–H groups in total. The van der Waals surface area contributed by atoms with E-state index < -0.39 is 5.97 Å². The maximum absolute atomic E-state index is 12.6. The van der Waals surface area contributed by atoms with Gasteiger partial charge in [-0.3, -0.25) is 9.59 Å². The molecule has 0 radical (unpaired) electrons. The van der Waals surface area contributed by atoms with Crippen molar-refractivity contribution in [1.29, 1.82) is 5.26 Å². The molecule has 1 aliphatic rings. The van der Waals surface area contributed by atoms with Crippen LogP contribution in [0.4, 0.5) is 0 Å². The van der Waals surface area contributed by atoms with Crippen LogP contribution >= 0.6 is 0 Å². The maximum atomic E-state index is 12.6. The summed E-state index contributed by atoms with van der Waals surface area (Å²) in [6, 6.07) is 12.4. The van der Waals surface area contributed by atoms with Crippen LogP contribution in [0.3, 0.4) is 0 Å². The first-order valence-corrected chi connectivity index (χ1v) is 9.98. The Morgan fingerprint density at radius 3 is 2.54 bits per heavy atom. The number of unbranched alkanes of at least 4 members (excludes halogenated alkanes) is 2. The molecule has 1 amide bonds. The quantitative estimate of drug-likeness (QED) is 0.368. The largest absolute Gasteiger partial charge is 0.481 e. The summed E-state index contributed by atoms with van der Waals surface area (Å²) in [6.45, 7) is 1.99. The Hall–Kier alpha value is -2.81. The molecule has 0 atom stereocenters. The molecule has 0 unspecified atom stereocenters. The Bertz CT molecular complexity index is 701. The third-order valence-corrected chi connectivity index (χ3v) is 5.08. The summed E-state index contributed by atoms with van der Waals surface area (Å²) >= 11 is 0. The van der Waals surface area contributed by atoms with Gasteiger partial charge < -0.3 is 15.3 Å². The van der Waals surface area contributed by atoms with Gasteiger partial charge in [0.05, 0.1) is 0 Å². The zero-order valence-electron chi connectivity index (χ0n) is 16.3. The average molecular weight is 383 g/mol. The van der Waals surface area contributed by atoms with Gasteiger partial charge in [0.25, 0.3) is 5.91 Å². The summed E-state index contributed by atoms with van der Waals surface area (Å²) in [5.74, 6) is -0.415. The fourth-order valence-corrected chi connectivity index (χ4v) is 3.45. The van der Waals surface area contributed by atoms with E-state index in [-0.39, 0.29) is 17.9 Å². The highest BCUT2D eigenvalue weighted by molar-refractivity contribution is 5.97. The molecule has 150 valence electrons. The second-order valence-corrected chi connectivity index (χ2v) is 7.25. The number of hydrogen-bond acceptors (Lipinski definition) is 4. The first kappa shape index (κ1) is 21.5. The Kier molecular flexibility index (Phi) is 9.06. The van der Waals surface area contributed by atoms with Gasteiger partial charge in [0.2, 0.25) is 0 Å². The van der Waals surface area contributed by atoms with Gasteiger partial charge in [-0.15, -0.1) is 0 Å². The maximum Gasteiger partial charge on any atom is 0.303 e.